The number of nitrogens with zero attached hydrogens (tertiary/aromatic N) is 4. The number of hydrogen-bond donors (Lipinski definition) is 0. The molecule has 138 valence electrons. The molecule has 0 unspecified atom stereocenters. The summed E-state index contributed by atoms with van der Waals surface area (Å²) < 4.78 is 15.8. The van der Waals surface area contributed by atoms with Gasteiger partial charge in [0.1, 0.15) is 17.4 Å². The summed E-state index contributed by atoms with van der Waals surface area (Å²) in [5.74, 6) is -0.298. The number of halogens is 1. The van der Waals surface area contributed by atoms with Gasteiger partial charge in [0.15, 0.2) is 5.16 Å². The molecule has 2 aromatic carbocycles. The first-order valence-corrected chi connectivity index (χ1v) is 9.77. The van der Waals surface area contributed by atoms with Gasteiger partial charge in [-0.25, -0.2) is 4.39 Å². The Hall–Kier alpha value is -2.67. The Labute approximate surface area is 161 Å². The number of carbonyl (C=O) groups is 1. The summed E-state index contributed by atoms with van der Waals surface area (Å²) >= 11 is 1.31. The van der Waals surface area contributed by atoms with E-state index < -0.39 is 5.25 Å². The van der Waals surface area contributed by atoms with E-state index in [-0.39, 0.29) is 11.7 Å². The van der Waals surface area contributed by atoms with E-state index in [2.05, 4.69) is 10.2 Å². The molecular formula is C20H19FN4OS. The zero-order chi connectivity index (χ0) is 18.6. The maximum atomic E-state index is 14.2. The van der Waals surface area contributed by atoms with Crippen LogP contribution in [-0.2, 0) is 4.79 Å². The molecule has 1 atom stereocenters. The molecular weight excluding hydrogens is 363 g/mol. The summed E-state index contributed by atoms with van der Waals surface area (Å²) in [6, 6.07) is 16.1. The van der Waals surface area contributed by atoms with E-state index in [1.54, 1.807) is 22.8 Å². The van der Waals surface area contributed by atoms with Gasteiger partial charge in [-0.05, 0) is 30.5 Å². The Morgan fingerprint density at radius 1 is 1.04 bits per heavy atom. The van der Waals surface area contributed by atoms with Crippen LogP contribution in [0.25, 0.3) is 5.69 Å². The van der Waals surface area contributed by atoms with E-state index in [4.69, 9.17) is 0 Å². The Morgan fingerprint density at radius 3 is 2.48 bits per heavy atom. The van der Waals surface area contributed by atoms with Gasteiger partial charge in [-0.15, -0.1) is 10.2 Å². The molecule has 0 bridgehead atoms. The monoisotopic (exact) mass is 382 g/mol. The van der Waals surface area contributed by atoms with Gasteiger partial charge in [-0.1, -0.05) is 54.2 Å². The highest BCUT2D eigenvalue weighted by Gasteiger charge is 2.30. The largest absolute Gasteiger partial charge is 0.341 e. The summed E-state index contributed by atoms with van der Waals surface area (Å²) in [4.78, 5) is 15.1. The van der Waals surface area contributed by atoms with E-state index >= 15 is 0 Å². The van der Waals surface area contributed by atoms with Crippen LogP contribution in [0.15, 0.2) is 66.1 Å². The lowest BCUT2D eigenvalue weighted by Crippen LogP contribution is -2.31. The van der Waals surface area contributed by atoms with Crippen LogP contribution in [-0.4, -0.2) is 38.7 Å². The van der Waals surface area contributed by atoms with Crippen molar-refractivity contribution in [2.45, 2.75) is 23.2 Å². The van der Waals surface area contributed by atoms with Crippen molar-refractivity contribution in [2.24, 2.45) is 0 Å². The first-order valence-electron chi connectivity index (χ1n) is 8.89. The van der Waals surface area contributed by atoms with Crippen LogP contribution in [0.4, 0.5) is 4.39 Å². The lowest BCUT2D eigenvalue weighted by molar-refractivity contribution is -0.129. The quantitative estimate of drug-likeness (QED) is 0.629. The molecule has 0 saturated carbocycles. The van der Waals surface area contributed by atoms with Crippen molar-refractivity contribution in [3.8, 4) is 5.69 Å². The molecule has 3 aromatic rings. The number of carbonyl (C=O) groups excluding carboxylic acids is 1. The van der Waals surface area contributed by atoms with Crippen LogP contribution in [0.3, 0.4) is 0 Å². The average Bonchev–Trinajstić information content (AvgIpc) is 3.39. The predicted molar refractivity (Wildman–Crippen MR) is 102 cm³/mol. The summed E-state index contributed by atoms with van der Waals surface area (Å²) in [7, 11) is 0. The SMILES string of the molecule is O=C([C@@H](Sc1nncn1-c1ccccc1F)c1ccccc1)N1CCCC1. The third-order valence-electron chi connectivity index (χ3n) is 4.60. The number of amides is 1. The Morgan fingerprint density at radius 2 is 1.74 bits per heavy atom. The van der Waals surface area contributed by atoms with Crippen molar-refractivity contribution in [3.63, 3.8) is 0 Å². The van der Waals surface area contributed by atoms with Gasteiger partial charge in [0.25, 0.3) is 0 Å². The van der Waals surface area contributed by atoms with E-state index in [1.807, 2.05) is 35.2 Å². The second kappa shape index (κ2) is 7.92. The minimum Gasteiger partial charge on any atom is -0.341 e. The minimum absolute atomic E-state index is 0.0618. The molecule has 2 heterocycles. The normalized spacial score (nSPS) is 15.1. The molecule has 7 heteroatoms. The molecule has 0 radical (unpaired) electrons. The lowest BCUT2D eigenvalue weighted by Gasteiger charge is -2.23. The molecule has 0 N–H and O–H groups in total. The molecule has 4 rings (SSSR count). The van der Waals surface area contributed by atoms with Crippen molar-refractivity contribution in [1.82, 2.24) is 19.7 Å². The van der Waals surface area contributed by atoms with Crippen LogP contribution in [0.2, 0.25) is 0 Å². The fourth-order valence-corrected chi connectivity index (χ4v) is 4.32. The number of likely N-dealkylation sites (tertiary alicyclic amines) is 1. The van der Waals surface area contributed by atoms with Gasteiger partial charge in [0, 0.05) is 13.1 Å². The van der Waals surface area contributed by atoms with Gasteiger partial charge in [-0.3, -0.25) is 9.36 Å². The van der Waals surface area contributed by atoms with Gasteiger partial charge in [-0.2, -0.15) is 0 Å². The fourth-order valence-electron chi connectivity index (χ4n) is 3.21. The Balaban J connectivity index is 1.68. The molecule has 1 fully saturated rings. The topological polar surface area (TPSA) is 51.0 Å². The number of aromatic nitrogens is 3. The van der Waals surface area contributed by atoms with E-state index in [9.17, 15) is 9.18 Å². The van der Waals surface area contributed by atoms with Crippen molar-refractivity contribution in [1.29, 1.82) is 0 Å². The smallest absolute Gasteiger partial charge is 0.240 e. The standard InChI is InChI=1S/C20H19FN4OS/c21-16-10-4-5-11-17(16)25-14-22-23-20(25)27-18(15-8-2-1-3-9-15)19(26)24-12-6-7-13-24/h1-5,8-11,14,18H,6-7,12-13H2/t18-/m0/s1. The van der Waals surface area contributed by atoms with Crippen LogP contribution in [0, 0.1) is 5.82 Å². The van der Waals surface area contributed by atoms with Crippen LogP contribution < -0.4 is 0 Å². The highest BCUT2D eigenvalue weighted by atomic mass is 32.2. The molecule has 1 aliphatic heterocycles. The van der Waals surface area contributed by atoms with E-state index in [1.165, 1.54) is 24.2 Å². The zero-order valence-corrected chi connectivity index (χ0v) is 15.5. The number of benzene rings is 2. The molecule has 1 amide bonds. The van der Waals surface area contributed by atoms with Crippen LogP contribution in [0.1, 0.15) is 23.7 Å². The molecule has 0 aliphatic carbocycles. The Bertz CT molecular complexity index is 924. The second-order valence-corrected chi connectivity index (χ2v) is 7.45. The summed E-state index contributed by atoms with van der Waals surface area (Å²) in [6.07, 6.45) is 3.54. The maximum Gasteiger partial charge on any atom is 0.240 e. The molecule has 5 nitrogen and oxygen atoms in total. The number of para-hydroxylation sites is 1. The minimum atomic E-state index is -0.445. The molecule has 0 spiro atoms. The third kappa shape index (κ3) is 3.73. The van der Waals surface area contributed by atoms with Crippen molar-refractivity contribution in [2.75, 3.05) is 13.1 Å². The average molecular weight is 382 g/mol. The van der Waals surface area contributed by atoms with Crippen LogP contribution in [0.5, 0.6) is 0 Å². The maximum absolute atomic E-state index is 14.2. The highest BCUT2D eigenvalue weighted by molar-refractivity contribution is 8.00. The highest BCUT2D eigenvalue weighted by Crippen LogP contribution is 2.37. The summed E-state index contributed by atoms with van der Waals surface area (Å²) in [5, 5.41) is 8.13. The third-order valence-corrected chi connectivity index (χ3v) is 5.79. The van der Waals surface area contributed by atoms with Crippen LogP contribution >= 0.6 is 11.8 Å². The van der Waals surface area contributed by atoms with Gasteiger partial charge in [0.05, 0.1) is 5.69 Å². The molecule has 27 heavy (non-hydrogen) atoms. The van der Waals surface area contributed by atoms with Crippen molar-refractivity contribution >= 4 is 17.7 Å². The summed E-state index contributed by atoms with van der Waals surface area (Å²) in [5.41, 5.74) is 1.27. The Kier molecular flexibility index (Phi) is 5.20. The number of hydrogen-bond acceptors (Lipinski definition) is 4. The number of rotatable bonds is 5. The fraction of sp³-hybridized carbons (Fsp3) is 0.250. The predicted octanol–water partition coefficient (Wildman–Crippen LogP) is 3.86. The number of thioether (sulfide) groups is 1. The first-order chi connectivity index (χ1) is 13.2. The lowest BCUT2D eigenvalue weighted by atomic mass is 10.1. The van der Waals surface area contributed by atoms with Gasteiger partial charge in [0.2, 0.25) is 5.91 Å². The summed E-state index contributed by atoms with van der Waals surface area (Å²) in [6.45, 7) is 1.56. The molecule has 1 aromatic heterocycles. The van der Waals surface area contributed by atoms with Crippen molar-refractivity contribution in [3.05, 3.63) is 72.3 Å². The van der Waals surface area contributed by atoms with Gasteiger partial charge >= 0.3 is 0 Å². The first kappa shape index (κ1) is 17.7. The second-order valence-electron chi connectivity index (χ2n) is 6.38. The molecule has 1 aliphatic rings. The van der Waals surface area contributed by atoms with E-state index in [0.717, 1.165) is 31.5 Å². The zero-order valence-electron chi connectivity index (χ0n) is 14.7. The van der Waals surface area contributed by atoms with Crippen molar-refractivity contribution < 1.29 is 9.18 Å². The van der Waals surface area contributed by atoms with E-state index in [0.29, 0.717) is 10.8 Å². The molecule has 1 saturated heterocycles. The van der Waals surface area contributed by atoms with Gasteiger partial charge < -0.3 is 4.90 Å².